The third-order valence-corrected chi connectivity index (χ3v) is 3.53. The van der Waals surface area contributed by atoms with Crippen molar-refractivity contribution in [2.75, 3.05) is 19.8 Å². The highest BCUT2D eigenvalue weighted by Crippen LogP contribution is 2.48. The Morgan fingerprint density at radius 3 is 2.69 bits per heavy atom. The summed E-state index contributed by atoms with van der Waals surface area (Å²) in [7, 11) is 0. The zero-order valence-electron chi connectivity index (χ0n) is 9.44. The predicted octanol–water partition coefficient (Wildman–Crippen LogP) is 0.489. The molecule has 0 spiro atoms. The maximum absolute atomic E-state index is 12.2. The van der Waals surface area contributed by atoms with Gasteiger partial charge in [-0.2, -0.15) is 0 Å². The second-order valence-electron chi connectivity index (χ2n) is 4.52. The lowest BCUT2D eigenvalue weighted by Crippen LogP contribution is -2.52. The van der Waals surface area contributed by atoms with Gasteiger partial charge in [-0.25, -0.2) is 0 Å². The molecule has 0 aromatic rings. The van der Waals surface area contributed by atoms with E-state index in [4.69, 9.17) is 9.84 Å². The highest BCUT2D eigenvalue weighted by Gasteiger charge is 2.59. The topological polar surface area (TPSA) is 66.8 Å². The number of hydrogen-bond donors (Lipinski definition) is 1. The first-order valence-corrected chi connectivity index (χ1v) is 5.74. The molecule has 1 saturated heterocycles. The molecule has 0 radical (unpaired) electrons. The fourth-order valence-corrected chi connectivity index (χ4v) is 2.18. The fraction of sp³-hybridized carbons (Fsp3) is 0.818. The molecule has 1 unspecified atom stereocenters. The summed E-state index contributed by atoms with van der Waals surface area (Å²) < 4.78 is 5.31. The second kappa shape index (κ2) is 4.05. The van der Waals surface area contributed by atoms with Gasteiger partial charge in [-0.15, -0.1) is 0 Å². The molecule has 16 heavy (non-hydrogen) atoms. The van der Waals surface area contributed by atoms with E-state index in [-0.39, 0.29) is 11.9 Å². The molecule has 0 bridgehead atoms. The molecule has 0 aromatic carbocycles. The van der Waals surface area contributed by atoms with Gasteiger partial charge in [0.1, 0.15) is 5.41 Å². The van der Waals surface area contributed by atoms with Gasteiger partial charge in [0.25, 0.3) is 0 Å². The van der Waals surface area contributed by atoms with Crippen LogP contribution < -0.4 is 0 Å². The minimum Gasteiger partial charge on any atom is -0.480 e. The van der Waals surface area contributed by atoms with Gasteiger partial charge in [-0.3, -0.25) is 9.59 Å². The molecule has 1 N–H and O–H groups in total. The molecular formula is C11H17NO4. The summed E-state index contributed by atoms with van der Waals surface area (Å²) in [6.45, 7) is 3.54. The van der Waals surface area contributed by atoms with Gasteiger partial charge in [0.2, 0.25) is 5.91 Å². The normalized spacial score (nSPS) is 27.6. The Bertz CT molecular complexity index is 311. The van der Waals surface area contributed by atoms with Crippen LogP contribution in [-0.4, -0.2) is 47.7 Å². The zero-order valence-corrected chi connectivity index (χ0v) is 9.44. The van der Waals surface area contributed by atoms with Crippen LogP contribution in [0.15, 0.2) is 0 Å². The molecule has 2 fully saturated rings. The van der Waals surface area contributed by atoms with E-state index in [9.17, 15) is 9.59 Å². The largest absolute Gasteiger partial charge is 0.480 e. The number of aliphatic carboxylic acids is 1. The summed E-state index contributed by atoms with van der Waals surface area (Å²) in [6, 6.07) is 0.0399. The van der Waals surface area contributed by atoms with Crippen molar-refractivity contribution < 1.29 is 19.4 Å². The highest BCUT2D eigenvalue weighted by molar-refractivity contribution is 6.05. The molecule has 2 aliphatic rings. The monoisotopic (exact) mass is 227 g/mol. The first kappa shape index (κ1) is 11.4. The lowest BCUT2D eigenvalue weighted by atomic mass is 10.0. The number of carbonyl (C=O) groups is 2. The first-order valence-electron chi connectivity index (χ1n) is 5.74. The standard InChI is InChI=1S/C11H17NO4/c1-2-8-7-16-6-5-12(8)9(13)11(3-4-11)10(14)15/h8H,2-7H2,1H3,(H,14,15). The van der Waals surface area contributed by atoms with Crippen molar-refractivity contribution in [3.05, 3.63) is 0 Å². The van der Waals surface area contributed by atoms with Crippen molar-refractivity contribution in [1.82, 2.24) is 4.90 Å². The Labute approximate surface area is 94.4 Å². The van der Waals surface area contributed by atoms with E-state index in [0.717, 1.165) is 6.42 Å². The highest BCUT2D eigenvalue weighted by atomic mass is 16.5. The summed E-state index contributed by atoms with van der Waals surface area (Å²) in [6.07, 6.45) is 1.77. The Morgan fingerprint density at radius 1 is 1.50 bits per heavy atom. The van der Waals surface area contributed by atoms with Crippen LogP contribution in [-0.2, 0) is 14.3 Å². The Morgan fingerprint density at radius 2 is 2.19 bits per heavy atom. The van der Waals surface area contributed by atoms with Crippen LogP contribution in [0.1, 0.15) is 26.2 Å². The van der Waals surface area contributed by atoms with E-state index in [2.05, 4.69) is 0 Å². The van der Waals surface area contributed by atoms with Crippen molar-refractivity contribution in [2.24, 2.45) is 5.41 Å². The van der Waals surface area contributed by atoms with Gasteiger partial charge in [0.05, 0.1) is 19.3 Å². The molecule has 1 aliphatic heterocycles. The van der Waals surface area contributed by atoms with Gasteiger partial charge < -0.3 is 14.7 Å². The zero-order chi connectivity index (χ0) is 11.8. The average molecular weight is 227 g/mol. The Kier molecular flexibility index (Phi) is 2.88. The van der Waals surface area contributed by atoms with E-state index >= 15 is 0 Å². The molecule has 5 heteroatoms. The SMILES string of the molecule is CCC1COCCN1C(=O)C1(C(=O)O)CC1. The number of rotatable bonds is 3. The van der Waals surface area contributed by atoms with Gasteiger partial charge in [0.15, 0.2) is 0 Å². The summed E-state index contributed by atoms with van der Waals surface area (Å²) >= 11 is 0. The lowest BCUT2D eigenvalue weighted by molar-refractivity contribution is -0.158. The minimum atomic E-state index is -1.11. The quantitative estimate of drug-likeness (QED) is 0.712. The maximum Gasteiger partial charge on any atom is 0.319 e. The third kappa shape index (κ3) is 1.69. The number of carboxylic acids is 1. The van der Waals surface area contributed by atoms with E-state index in [1.807, 2.05) is 6.92 Å². The molecular weight excluding hydrogens is 210 g/mol. The van der Waals surface area contributed by atoms with E-state index in [1.165, 1.54) is 0 Å². The van der Waals surface area contributed by atoms with Crippen LogP contribution in [0.2, 0.25) is 0 Å². The number of ether oxygens (including phenoxy) is 1. The molecule has 5 nitrogen and oxygen atoms in total. The van der Waals surface area contributed by atoms with Crippen molar-refractivity contribution in [3.8, 4) is 0 Å². The Balaban J connectivity index is 2.11. The van der Waals surface area contributed by atoms with Gasteiger partial charge in [-0.1, -0.05) is 6.92 Å². The summed E-state index contributed by atoms with van der Waals surface area (Å²) in [5.41, 5.74) is -1.11. The van der Waals surface area contributed by atoms with Crippen molar-refractivity contribution >= 4 is 11.9 Å². The number of morpholine rings is 1. The number of carboxylic acid groups (broad SMARTS) is 1. The molecule has 1 amide bonds. The van der Waals surface area contributed by atoms with E-state index < -0.39 is 11.4 Å². The molecule has 1 aliphatic carbocycles. The first-order chi connectivity index (χ1) is 7.62. The molecule has 2 rings (SSSR count). The number of carbonyl (C=O) groups excluding carboxylic acids is 1. The maximum atomic E-state index is 12.2. The van der Waals surface area contributed by atoms with Gasteiger partial charge in [0, 0.05) is 6.54 Å². The van der Waals surface area contributed by atoms with Gasteiger partial charge >= 0.3 is 5.97 Å². The van der Waals surface area contributed by atoms with Crippen LogP contribution >= 0.6 is 0 Å². The summed E-state index contributed by atoms with van der Waals surface area (Å²) in [5.74, 6) is -1.19. The van der Waals surface area contributed by atoms with Crippen molar-refractivity contribution in [3.63, 3.8) is 0 Å². The number of hydrogen-bond acceptors (Lipinski definition) is 3. The van der Waals surface area contributed by atoms with Gasteiger partial charge in [-0.05, 0) is 19.3 Å². The van der Waals surface area contributed by atoms with Crippen LogP contribution in [0, 0.1) is 5.41 Å². The molecule has 90 valence electrons. The molecule has 0 aromatic heterocycles. The van der Waals surface area contributed by atoms with Crippen LogP contribution in [0.5, 0.6) is 0 Å². The predicted molar refractivity (Wildman–Crippen MR) is 55.9 cm³/mol. The summed E-state index contributed by atoms with van der Waals surface area (Å²) in [4.78, 5) is 25.0. The number of amides is 1. The van der Waals surface area contributed by atoms with Crippen LogP contribution in [0.25, 0.3) is 0 Å². The number of nitrogens with zero attached hydrogens (tertiary/aromatic N) is 1. The summed E-state index contributed by atoms with van der Waals surface area (Å²) in [5, 5.41) is 9.09. The third-order valence-electron chi connectivity index (χ3n) is 3.53. The smallest absolute Gasteiger partial charge is 0.319 e. The molecule has 1 saturated carbocycles. The van der Waals surface area contributed by atoms with Crippen molar-refractivity contribution in [1.29, 1.82) is 0 Å². The Hall–Kier alpha value is -1.10. The van der Waals surface area contributed by atoms with Crippen LogP contribution in [0.4, 0.5) is 0 Å². The molecule has 1 heterocycles. The molecule has 1 atom stereocenters. The minimum absolute atomic E-state index is 0.0399. The van der Waals surface area contributed by atoms with Crippen molar-refractivity contribution in [2.45, 2.75) is 32.2 Å². The van der Waals surface area contributed by atoms with E-state index in [0.29, 0.717) is 32.6 Å². The van der Waals surface area contributed by atoms with Crippen LogP contribution in [0.3, 0.4) is 0 Å². The van der Waals surface area contributed by atoms with E-state index in [1.54, 1.807) is 4.90 Å². The average Bonchev–Trinajstić information content (AvgIpc) is 3.09. The second-order valence-corrected chi connectivity index (χ2v) is 4.52. The lowest BCUT2D eigenvalue weighted by Gasteiger charge is -2.36. The fourth-order valence-electron chi connectivity index (χ4n) is 2.18.